The summed E-state index contributed by atoms with van der Waals surface area (Å²) in [5.41, 5.74) is 2.79. The molecule has 6 heteroatoms. The minimum absolute atomic E-state index is 0.202. The zero-order chi connectivity index (χ0) is 18.4. The lowest BCUT2D eigenvalue weighted by atomic mass is 10.2. The van der Waals surface area contributed by atoms with Crippen molar-refractivity contribution in [1.82, 2.24) is 5.32 Å². The Morgan fingerprint density at radius 2 is 1.92 bits per heavy atom. The summed E-state index contributed by atoms with van der Waals surface area (Å²) >= 11 is 6.63. The predicted molar refractivity (Wildman–Crippen MR) is 110 cm³/mol. The Balaban J connectivity index is 1.57. The quantitative estimate of drug-likeness (QED) is 0.625. The lowest BCUT2D eigenvalue weighted by Crippen LogP contribution is -2.33. The summed E-state index contributed by atoms with van der Waals surface area (Å²) < 4.78 is 5.80. The third-order valence-corrected chi connectivity index (χ3v) is 4.85. The fraction of sp³-hybridized carbons (Fsp3) is 0.100. The number of aryl methyl sites for hydroxylation is 1. The van der Waals surface area contributed by atoms with Gasteiger partial charge in [0.05, 0.1) is 4.88 Å². The third-order valence-electron chi connectivity index (χ3n) is 3.64. The van der Waals surface area contributed by atoms with E-state index in [1.165, 1.54) is 11.3 Å². The van der Waals surface area contributed by atoms with Gasteiger partial charge in [-0.1, -0.05) is 36.4 Å². The van der Waals surface area contributed by atoms with Gasteiger partial charge in [0.25, 0.3) is 5.91 Å². The SMILES string of the molecule is Cc1ccsc1C(=O)NC(=S)Nc1cccc(OCc2ccccc2)c1. The second-order valence-corrected chi connectivity index (χ2v) is 6.97. The summed E-state index contributed by atoms with van der Waals surface area (Å²) in [7, 11) is 0. The van der Waals surface area contributed by atoms with E-state index in [-0.39, 0.29) is 11.0 Å². The number of ether oxygens (including phenoxy) is 1. The molecule has 1 heterocycles. The van der Waals surface area contributed by atoms with Gasteiger partial charge in [-0.3, -0.25) is 10.1 Å². The van der Waals surface area contributed by atoms with Crippen LogP contribution in [0.5, 0.6) is 5.75 Å². The van der Waals surface area contributed by atoms with Crippen LogP contribution in [0.15, 0.2) is 66.0 Å². The van der Waals surface area contributed by atoms with Gasteiger partial charge in [-0.15, -0.1) is 11.3 Å². The van der Waals surface area contributed by atoms with Gasteiger partial charge in [-0.25, -0.2) is 0 Å². The number of thiocarbonyl (C=S) groups is 1. The van der Waals surface area contributed by atoms with Crippen LogP contribution in [0.2, 0.25) is 0 Å². The lowest BCUT2D eigenvalue weighted by molar-refractivity contribution is 0.0981. The van der Waals surface area contributed by atoms with E-state index in [2.05, 4.69) is 10.6 Å². The summed E-state index contributed by atoms with van der Waals surface area (Å²) in [4.78, 5) is 12.9. The van der Waals surface area contributed by atoms with E-state index in [0.29, 0.717) is 11.5 Å². The molecule has 1 aromatic heterocycles. The molecule has 0 spiro atoms. The molecule has 0 atom stereocenters. The molecule has 132 valence electrons. The molecular weight excluding hydrogens is 364 g/mol. The van der Waals surface area contributed by atoms with Gasteiger partial charge in [0, 0.05) is 11.8 Å². The monoisotopic (exact) mass is 382 g/mol. The first-order chi connectivity index (χ1) is 12.6. The minimum Gasteiger partial charge on any atom is -0.489 e. The Bertz CT molecular complexity index is 907. The van der Waals surface area contributed by atoms with E-state index in [9.17, 15) is 4.79 Å². The molecule has 26 heavy (non-hydrogen) atoms. The number of hydrogen-bond donors (Lipinski definition) is 2. The number of amides is 1. The zero-order valence-electron chi connectivity index (χ0n) is 14.2. The van der Waals surface area contributed by atoms with Gasteiger partial charge in [-0.05, 0) is 53.8 Å². The van der Waals surface area contributed by atoms with Gasteiger partial charge < -0.3 is 10.1 Å². The van der Waals surface area contributed by atoms with Crippen molar-refractivity contribution in [3.63, 3.8) is 0 Å². The van der Waals surface area contributed by atoms with E-state index in [4.69, 9.17) is 17.0 Å². The molecule has 0 aliphatic carbocycles. The van der Waals surface area contributed by atoms with Crippen LogP contribution in [0.25, 0.3) is 0 Å². The second kappa shape index (κ2) is 8.60. The Labute approximate surface area is 161 Å². The third kappa shape index (κ3) is 4.91. The maximum absolute atomic E-state index is 12.2. The van der Waals surface area contributed by atoms with Gasteiger partial charge in [0.1, 0.15) is 12.4 Å². The molecule has 0 unspecified atom stereocenters. The number of rotatable bonds is 5. The number of carbonyl (C=O) groups is 1. The maximum atomic E-state index is 12.2. The molecule has 0 radical (unpaired) electrons. The second-order valence-electron chi connectivity index (χ2n) is 5.64. The highest BCUT2D eigenvalue weighted by Crippen LogP contribution is 2.19. The van der Waals surface area contributed by atoms with E-state index in [1.807, 2.05) is 73.0 Å². The molecule has 3 aromatic rings. The number of thiophene rings is 1. The van der Waals surface area contributed by atoms with Crippen molar-refractivity contribution >= 4 is 40.3 Å². The van der Waals surface area contributed by atoms with Gasteiger partial charge in [-0.2, -0.15) is 0 Å². The number of hydrogen-bond acceptors (Lipinski definition) is 4. The van der Waals surface area contributed by atoms with Crippen LogP contribution in [-0.2, 0) is 6.61 Å². The molecule has 0 aliphatic heterocycles. The highest BCUT2D eigenvalue weighted by atomic mass is 32.1. The number of nitrogens with one attached hydrogen (secondary N) is 2. The molecule has 3 rings (SSSR count). The molecule has 1 amide bonds. The van der Waals surface area contributed by atoms with Crippen LogP contribution in [0.3, 0.4) is 0 Å². The number of anilines is 1. The summed E-state index contributed by atoms with van der Waals surface area (Å²) in [6.45, 7) is 2.39. The van der Waals surface area contributed by atoms with Crippen molar-refractivity contribution < 1.29 is 9.53 Å². The first kappa shape index (κ1) is 18.1. The molecule has 0 saturated heterocycles. The van der Waals surface area contributed by atoms with E-state index in [0.717, 1.165) is 22.6 Å². The van der Waals surface area contributed by atoms with Gasteiger partial charge >= 0.3 is 0 Å². The first-order valence-electron chi connectivity index (χ1n) is 8.05. The fourth-order valence-electron chi connectivity index (χ4n) is 2.33. The molecule has 0 fully saturated rings. The normalized spacial score (nSPS) is 10.2. The highest BCUT2D eigenvalue weighted by Gasteiger charge is 2.12. The van der Waals surface area contributed by atoms with Crippen LogP contribution >= 0.6 is 23.6 Å². The molecular formula is C20H18N2O2S2. The molecule has 2 N–H and O–H groups in total. The molecule has 4 nitrogen and oxygen atoms in total. The summed E-state index contributed by atoms with van der Waals surface area (Å²) in [5.74, 6) is 0.522. The Hall–Kier alpha value is -2.70. The largest absolute Gasteiger partial charge is 0.489 e. The van der Waals surface area contributed by atoms with Crippen LogP contribution in [0, 0.1) is 6.92 Å². The molecule has 2 aromatic carbocycles. The van der Waals surface area contributed by atoms with Gasteiger partial charge in [0.2, 0.25) is 0 Å². The van der Waals surface area contributed by atoms with Crippen molar-refractivity contribution in [1.29, 1.82) is 0 Å². The van der Waals surface area contributed by atoms with Crippen LogP contribution in [-0.4, -0.2) is 11.0 Å². The average molecular weight is 383 g/mol. The average Bonchev–Trinajstić information content (AvgIpc) is 3.07. The Morgan fingerprint density at radius 1 is 1.12 bits per heavy atom. The van der Waals surface area contributed by atoms with Crippen molar-refractivity contribution in [2.45, 2.75) is 13.5 Å². The lowest BCUT2D eigenvalue weighted by Gasteiger charge is -2.11. The summed E-state index contributed by atoms with van der Waals surface area (Å²) in [6, 6.07) is 19.3. The van der Waals surface area contributed by atoms with Gasteiger partial charge in [0.15, 0.2) is 5.11 Å². The van der Waals surface area contributed by atoms with Crippen LogP contribution < -0.4 is 15.4 Å². The van der Waals surface area contributed by atoms with Crippen molar-refractivity contribution in [3.05, 3.63) is 82.0 Å². The molecule has 0 aliphatic rings. The van der Waals surface area contributed by atoms with E-state index < -0.39 is 0 Å². The van der Waals surface area contributed by atoms with Crippen molar-refractivity contribution in [3.8, 4) is 5.75 Å². The zero-order valence-corrected chi connectivity index (χ0v) is 15.8. The van der Waals surface area contributed by atoms with E-state index >= 15 is 0 Å². The molecule has 0 saturated carbocycles. The topological polar surface area (TPSA) is 50.4 Å². The Kier molecular flexibility index (Phi) is 5.99. The minimum atomic E-state index is -0.202. The molecule has 0 bridgehead atoms. The summed E-state index contributed by atoms with van der Waals surface area (Å²) in [5, 5.41) is 7.85. The van der Waals surface area contributed by atoms with Crippen molar-refractivity contribution in [2.24, 2.45) is 0 Å². The van der Waals surface area contributed by atoms with Crippen molar-refractivity contribution in [2.75, 3.05) is 5.32 Å². The maximum Gasteiger partial charge on any atom is 0.267 e. The Morgan fingerprint density at radius 3 is 2.65 bits per heavy atom. The predicted octanol–water partition coefficient (Wildman–Crippen LogP) is 4.76. The first-order valence-corrected chi connectivity index (χ1v) is 9.34. The van der Waals surface area contributed by atoms with E-state index in [1.54, 1.807) is 0 Å². The highest BCUT2D eigenvalue weighted by molar-refractivity contribution is 7.80. The summed E-state index contributed by atoms with van der Waals surface area (Å²) in [6.07, 6.45) is 0. The number of benzene rings is 2. The smallest absolute Gasteiger partial charge is 0.267 e. The van der Waals surface area contributed by atoms with Crippen LogP contribution in [0.4, 0.5) is 5.69 Å². The fourth-order valence-corrected chi connectivity index (χ4v) is 3.36. The number of carbonyl (C=O) groups excluding carboxylic acids is 1. The van der Waals surface area contributed by atoms with Crippen LogP contribution in [0.1, 0.15) is 20.8 Å². The standard InChI is InChI=1S/C20H18N2O2S2/c1-14-10-11-26-18(14)19(23)22-20(25)21-16-8-5-9-17(12-16)24-13-15-6-3-2-4-7-15/h2-12H,13H2,1H3,(H2,21,22,23,25).